The monoisotopic (exact) mass is 640 g/mol. The molecule has 1 atom stereocenters. The van der Waals surface area contributed by atoms with Crippen molar-refractivity contribution in [3.05, 3.63) is 66.5 Å². The van der Waals surface area contributed by atoms with Crippen molar-refractivity contribution in [2.24, 2.45) is 0 Å². The molecule has 6 rings (SSSR count). The Labute approximate surface area is 272 Å². The molecule has 0 spiro atoms. The van der Waals surface area contributed by atoms with Gasteiger partial charge in [-0.1, -0.05) is 42.5 Å². The van der Waals surface area contributed by atoms with Crippen molar-refractivity contribution >= 4 is 40.4 Å². The summed E-state index contributed by atoms with van der Waals surface area (Å²) in [5, 5.41) is 17.5. The SMILES string of the molecule is CN1CCN(C2CCC(n3nc(-c4ccc(NC(=O)CC(C(=O)OCC(=O)O)c5ccccc5)cc4)c4c(N)ncnc43)CC2)CC1. The Hall–Kier alpha value is -4.88. The molecule has 1 aliphatic carbocycles. The molecule has 2 aliphatic rings. The molecule has 13 nitrogen and oxygen atoms in total. The first-order chi connectivity index (χ1) is 22.8. The van der Waals surface area contributed by atoms with Crippen LogP contribution < -0.4 is 11.1 Å². The number of carbonyl (C=O) groups is 3. The van der Waals surface area contributed by atoms with Gasteiger partial charge in [0.2, 0.25) is 5.91 Å². The van der Waals surface area contributed by atoms with E-state index in [4.69, 9.17) is 20.7 Å². The van der Waals surface area contributed by atoms with Crippen molar-refractivity contribution in [1.82, 2.24) is 29.5 Å². The summed E-state index contributed by atoms with van der Waals surface area (Å²) in [4.78, 5) is 50.5. The maximum absolute atomic E-state index is 13.0. The summed E-state index contributed by atoms with van der Waals surface area (Å²) in [6.45, 7) is 3.69. The molecule has 13 heteroatoms. The Morgan fingerprint density at radius 1 is 0.957 bits per heavy atom. The average Bonchev–Trinajstić information content (AvgIpc) is 3.48. The Morgan fingerprint density at radius 3 is 2.32 bits per heavy atom. The molecule has 1 unspecified atom stereocenters. The lowest BCUT2D eigenvalue weighted by Crippen LogP contribution is -2.49. The molecule has 4 aromatic rings. The summed E-state index contributed by atoms with van der Waals surface area (Å²) in [5.41, 5.74) is 9.67. The minimum Gasteiger partial charge on any atom is -0.479 e. The van der Waals surface area contributed by atoms with Crippen LogP contribution in [-0.2, 0) is 19.1 Å². The van der Waals surface area contributed by atoms with Gasteiger partial charge in [-0.15, -0.1) is 0 Å². The van der Waals surface area contributed by atoms with Crippen LogP contribution in [0.3, 0.4) is 0 Å². The number of esters is 1. The van der Waals surface area contributed by atoms with Crippen LogP contribution in [-0.4, -0.2) is 98.4 Å². The van der Waals surface area contributed by atoms with E-state index in [1.165, 1.54) is 6.33 Å². The van der Waals surface area contributed by atoms with E-state index in [1.54, 1.807) is 42.5 Å². The smallest absolute Gasteiger partial charge is 0.341 e. The summed E-state index contributed by atoms with van der Waals surface area (Å²) in [7, 11) is 2.18. The maximum Gasteiger partial charge on any atom is 0.341 e. The fraction of sp³-hybridized carbons (Fsp3) is 0.412. The van der Waals surface area contributed by atoms with E-state index in [0.717, 1.165) is 63.1 Å². The first-order valence-corrected chi connectivity index (χ1v) is 16.0. The molecule has 3 heterocycles. The summed E-state index contributed by atoms with van der Waals surface area (Å²) in [6.07, 6.45) is 5.51. The number of fused-ring (bicyclic) bond motifs is 1. The summed E-state index contributed by atoms with van der Waals surface area (Å²) in [6, 6.07) is 16.7. The van der Waals surface area contributed by atoms with Gasteiger partial charge in [0.15, 0.2) is 12.3 Å². The minimum absolute atomic E-state index is 0.211. The number of carboxylic acids is 1. The Balaban J connectivity index is 1.15. The van der Waals surface area contributed by atoms with Gasteiger partial charge in [-0.05, 0) is 50.4 Å². The molecule has 2 aromatic heterocycles. The van der Waals surface area contributed by atoms with Crippen molar-refractivity contribution < 1.29 is 24.2 Å². The fourth-order valence-electron chi connectivity index (χ4n) is 6.67. The molecule has 0 radical (unpaired) electrons. The van der Waals surface area contributed by atoms with Gasteiger partial charge >= 0.3 is 11.9 Å². The number of aromatic nitrogens is 4. The third-order valence-electron chi connectivity index (χ3n) is 9.24. The third kappa shape index (κ3) is 7.42. The summed E-state index contributed by atoms with van der Waals surface area (Å²) in [5.74, 6) is -3.06. The number of likely N-dealkylation sites (N-methyl/N-ethyl adjacent to an activating group) is 1. The van der Waals surface area contributed by atoms with Crippen LogP contribution >= 0.6 is 0 Å². The lowest BCUT2D eigenvalue weighted by atomic mass is 9.90. The highest BCUT2D eigenvalue weighted by atomic mass is 16.5. The number of nitrogens with one attached hydrogen (secondary N) is 1. The number of aliphatic carboxylic acids is 1. The van der Waals surface area contributed by atoms with E-state index >= 15 is 0 Å². The normalized spacial score (nSPS) is 19.7. The number of benzene rings is 2. The predicted molar refractivity (Wildman–Crippen MR) is 177 cm³/mol. The zero-order valence-electron chi connectivity index (χ0n) is 26.4. The zero-order chi connectivity index (χ0) is 32.9. The van der Waals surface area contributed by atoms with Crippen molar-refractivity contribution in [2.75, 3.05) is 50.9 Å². The van der Waals surface area contributed by atoms with Gasteiger partial charge in [-0.25, -0.2) is 19.4 Å². The number of hydrogen-bond donors (Lipinski definition) is 3. The molecule has 2 fully saturated rings. The highest BCUT2D eigenvalue weighted by Crippen LogP contribution is 2.37. The number of piperazine rings is 1. The second-order valence-corrected chi connectivity index (χ2v) is 12.3. The van der Waals surface area contributed by atoms with Crippen molar-refractivity contribution in [2.45, 2.75) is 50.1 Å². The van der Waals surface area contributed by atoms with Gasteiger partial charge in [0.05, 0.1) is 17.3 Å². The van der Waals surface area contributed by atoms with Crippen LogP contribution in [0.25, 0.3) is 22.3 Å². The number of ether oxygens (including phenoxy) is 1. The number of nitrogens with zero attached hydrogens (tertiary/aromatic N) is 6. The number of amides is 1. The van der Waals surface area contributed by atoms with Gasteiger partial charge in [-0.3, -0.25) is 14.5 Å². The van der Waals surface area contributed by atoms with Gasteiger partial charge in [0.1, 0.15) is 17.8 Å². The summed E-state index contributed by atoms with van der Waals surface area (Å²) < 4.78 is 6.93. The van der Waals surface area contributed by atoms with E-state index in [1.807, 2.05) is 16.8 Å². The molecule has 2 aromatic carbocycles. The number of anilines is 2. The third-order valence-corrected chi connectivity index (χ3v) is 9.24. The van der Waals surface area contributed by atoms with E-state index in [0.29, 0.717) is 34.2 Å². The predicted octanol–water partition coefficient (Wildman–Crippen LogP) is 3.55. The van der Waals surface area contributed by atoms with Crippen LogP contribution in [0.15, 0.2) is 60.9 Å². The Kier molecular flexibility index (Phi) is 9.73. The quantitative estimate of drug-likeness (QED) is 0.217. The minimum atomic E-state index is -1.27. The van der Waals surface area contributed by atoms with Crippen molar-refractivity contribution in [3.8, 4) is 11.3 Å². The molecular formula is C34H40N8O5. The molecule has 0 bridgehead atoms. The van der Waals surface area contributed by atoms with Crippen molar-refractivity contribution in [1.29, 1.82) is 0 Å². The molecule has 1 saturated carbocycles. The summed E-state index contributed by atoms with van der Waals surface area (Å²) >= 11 is 0. The lowest BCUT2D eigenvalue weighted by molar-refractivity contribution is -0.156. The maximum atomic E-state index is 13.0. The number of nitrogens with two attached hydrogens (primary N) is 1. The Morgan fingerprint density at radius 2 is 1.64 bits per heavy atom. The average molecular weight is 641 g/mol. The molecule has 4 N–H and O–H groups in total. The number of nitrogen functional groups attached to an aromatic ring is 1. The standard InChI is InChI=1S/C34H40N8O5/c1-40-15-17-41(18-16-40)25-11-13-26(14-12-25)42-33-30(32(35)36-21-37-33)31(39-42)23-7-9-24(10-8-23)38-28(43)19-27(22-5-3-2-4-6-22)34(46)47-20-29(44)45/h2-10,21,25-27H,11-20H2,1H3,(H,38,43)(H,44,45)(H2,35,36,37). The van der Waals surface area contributed by atoms with Gasteiger partial charge < -0.3 is 25.8 Å². The van der Waals surface area contributed by atoms with Crippen LogP contribution in [0, 0.1) is 0 Å². The van der Waals surface area contributed by atoms with Gasteiger partial charge in [0, 0.05) is 49.9 Å². The highest BCUT2D eigenvalue weighted by molar-refractivity contribution is 5.99. The van der Waals surface area contributed by atoms with Gasteiger partial charge in [0.25, 0.3) is 0 Å². The molecule has 47 heavy (non-hydrogen) atoms. The van der Waals surface area contributed by atoms with Gasteiger partial charge in [-0.2, -0.15) is 5.10 Å². The van der Waals surface area contributed by atoms with E-state index in [-0.39, 0.29) is 12.5 Å². The van der Waals surface area contributed by atoms with E-state index < -0.39 is 30.4 Å². The number of carbonyl (C=O) groups excluding carboxylic acids is 2. The van der Waals surface area contributed by atoms with E-state index in [2.05, 4.69) is 32.1 Å². The number of hydrogen-bond acceptors (Lipinski definition) is 10. The molecule has 1 saturated heterocycles. The van der Waals surface area contributed by atoms with Crippen LogP contribution in [0.5, 0.6) is 0 Å². The largest absolute Gasteiger partial charge is 0.479 e. The number of carboxylic acid groups (broad SMARTS) is 1. The molecule has 246 valence electrons. The molecular weight excluding hydrogens is 600 g/mol. The molecule has 1 aliphatic heterocycles. The second kappa shape index (κ2) is 14.3. The van der Waals surface area contributed by atoms with E-state index in [9.17, 15) is 14.4 Å². The van der Waals surface area contributed by atoms with Crippen molar-refractivity contribution in [3.63, 3.8) is 0 Å². The van der Waals surface area contributed by atoms with Crippen LogP contribution in [0.2, 0.25) is 0 Å². The molecule has 1 amide bonds. The first-order valence-electron chi connectivity index (χ1n) is 16.0. The first kappa shape index (κ1) is 32.1. The topological polar surface area (TPSA) is 169 Å². The fourth-order valence-corrected chi connectivity index (χ4v) is 6.67. The second-order valence-electron chi connectivity index (χ2n) is 12.3. The van der Waals surface area contributed by atoms with Crippen LogP contribution in [0.4, 0.5) is 11.5 Å². The van der Waals surface area contributed by atoms with Crippen LogP contribution in [0.1, 0.15) is 49.6 Å². The Bertz CT molecular complexity index is 1710. The highest BCUT2D eigenvalue weighted by Gasteiger charge is 2.31. The number of rotatable bonds is 10. The zero-order valence-corrected chi connectivity index (χ0v) is 26.4. The lowest BCUT2D eigenvalue weighted by Gasteiger charge is -2.41.